The molecule has 15 heavy (non-hydrogen) atoms. The predicted octanol–water partition coefficient (Wildman–Crippen LogP) is 0.654. The van der Waals surface area contributed by atoms with Crippen LogP contribution in [0.2, 0.25) is 0 Å². The second kappa shape index (κ2) is 5.41. The van der Waals surface area contributed by atoms with E-state index in [2.05, 4.69) is 4.98 Å². The number of hydrogen-bond donors (Lipinski definition) is 1. The van der Waals surface area contributed by atoms with Gasteiger partial charge in [0.2, 0.25) is 0 Å². The summed E-state index contributed by atoms with van der Waals surface area (Å²) in [6, 6.07) is 0.528. The van der Waals surface area contributed by atoms with Gasteiger partial charge >= 0.3 is 5.97 Å². The number of ether oxygens (including phenoxy) is 1. The van der Waals surface area contributed by atoms with Crippen LogP contribution in [0.15, 0.2) is 18.5 Å². The van der Waals surface area contributed by atoms with E-state index < -0.39 is 17.8 Å². The molecule has 0 aliphatic rings. The lowest BCUT2D eigenvalue weighted by Crippen LogP contribution is -2.34. The molecular weight excluding hydrogens is 199 g/mol. The van der Waals surface area contributed by atoms with Crippen molar-refractivity contribution in [2.24, 2.45) is 5.73 Å². The fourth-order valence-electron chi connectivity index (χ4n) is 1.15. The highest BCUT2D eigenvalue weighted by Crippen LogP contribution is 2.04. The van der Waals surface area contributed by atoms with E-state index in [-0.39, 0.29) is 13.0 Å². The molecule has 0 aliphatic carbocycles. The van der Waals surface area contributed by atoms with Gasteiger partial charge in [0.1, 0.15) is 11.9 Å². The molecule has 0 amide bonds. The van der Waals surface area contributed by atoms with E-state index in [4.69, 9.17) is 10.5 Å². The molecule has 0 bridgehead atoms. The van der Waals surface area contributed by atoms with Crippen LogP contribution in [0.4, 0.5) is 4.39 Å². The Hall–Kier alpha value is -1.49. The summed E-state index contributed by atoms with van der Waals surface area (Å²) in [6.45, 7) is 1.99. The van der Waals surface area contributed by atoms with Crippen LogP contribution in [0.5, 0.6) is 0 Å². The van der Waals surface area contributed by atoms with Crippen molar-refractivity contribution in [3.8, 4) is 0 Å². The topological polar surface area (TPSA) is 65.2 Å². The number of hydrogen-bond acceptors (Lipinski definition) is 4. The average molecular weight is 212 g/mol. The molecule has 0 aromatic carbocycles. The van der Waals surface area contributed by atoms with Crippen LogP contribution >= 0.6 is 0 Å². The molecule has 1 heterocycles. The van der Waals surface area contributed by atoms with Crippen molar-refractivity contribution >= 4 is 5.97 Å². The quantitative estimate of drug-likeness (QED) is 0.744. The van der Waals surface area contributed by atoms with Gasteiger partial charge in [-0.05, 0) is 25.0 Å². The molecule has 4 nitrogen and oxygen atoms in total. The van der Waals surface area contributed by atoms with Crippen molar-refractivity contribution in [3.63, 3.8) is 0 Å². The van der Waals surface area contributed by atoms with Gasteiger partial charge in [-0.2, -0.15) is 0 Å². The third-order valence-electron chi connectivity index (χ3n) is 1.81. The summed E-state index contributed by atoms with van der Waals surface area (Å²) in [5.41, 5.74) is 6.14. The Labute approximate surface area is 87.3 Å². The monoisotopic (exact) mass is 212 g/mol. The molecule has 2 N–H and O–H groups in total. The first-order valence-electron chi connectivity index (χ1n) is 4.65. The van der Waals surface area contributed by atoms with Crippen molar-refractivity contribution in [2.75, 3.05) is 6.61 Å². The van der Waals surface area contributed by atoms with E-state index in [1.165, 1.54) is 12.3 Å². The maximum Gasteiger partial charge on any atom is 0.323 e. The van der Waals surface area contributed by atoms with E-state index in [1.54, 1.807) is 6.92 Å². The number of nitrogens with two attached hydrogens (primary N) is 1. The summed E-state index contributed by atoms with van der Waals surface area (Å²) in [5, 5.41) is 0. The second-order valence-electron chi connectivity index (χ2n) is 3.07. The fourth-order valence-corrected chi connectivity index (χ4v) is 1.15. The molecule has 5 heteroatoms. The first-order chi connectivity index (χ1) is 7.13. The Balaban J connectivity index is 2.58. The van der Waals surface area contributed by atoms with Gasteiger partial charge in [0, 0.05) is 6.20 Å². The van der Waals surface area contributed by atoms with E-state index in [0.29, 0.717) is 5.56 Å². The number of aromatic nitrogens is 1. The lowest BCUT2D eigenvalue weighted by Gasteiger charge is -2.09. The molecule has 1 rings (SSSR count). The third kappa shape index (κ3) is 3.63. The van der Waals surface area contributed by atoms with E-state index >= 15 is 0 Å². The van der Waals surface area contributed by atoms with Gasteiger partial charge in [-0.3, -0.25) is 9.78 Å². The molecule has 0 saturated carbocycles. The lowest BCUT2D eigenvalue weighted by atomic mass is 10.1. The minimum Gasteiger partial charge on any atom is -0.465 e. The molecular formula is C10H13FN2O2. The number of carbonyl (C=O) groups is 1. The first-order valence-corrected chi connectivity index (χ1v) is 4.65. The average Bonchev–Trinajstić information content (AvgIpc) is 2.18. The molecule has 82 valence electrons. The Bertz CT molecular complexity index is 344. The molecule has 1 aromatic rings. The molecule has 0 aliphatic heterocycles. The predicted molar refractivity (Wildman–Crippen MR) is 52.5 cm³/mol. The molecule has 1 atom stereocenters. The number of nitrogens with zero attached hydrogens (tertiary/aromatic N) is 1. The lowest BCUT2D eigenvalue weighted by molar-refractivity contribution is -0.144. The standard InChI is InChI=1S/C10H13FN2O2/c1-2-15-10(14)9(12)4-7-3-8(11)6-13-5-7/h3,5-6,9H,2,4,12H2,1H3. The third-order valence-corrected chi connectivity index (χ3v) is 1.81. The van der Waals surface area contributed by atoms with Crippen LogP contribution in [-0.2, 0) is 16.0 Å². The molecule has 1 aromatic heterocycles. The summed E-state index contributed by atoms with van der Waals surface area (Å²) >= 11 is 0. The van der Waals surface area contributed by atoms with Crippen LogP contribution in [0.1, 0.15) is 12.5 Å². The molecule has 0 spiro atoms. The van der Waals surface area contributed by atoms with Gasteiger partial charge in [-0.1, -0.05) is 0 Å². The van der Waals surface area contributed by atoms with Gasteiger partial charge in [-0.15, -0.1) is 0 Å². The molecule has 0 fully saturated rings. The maximum absolute atomic E-state index is 12.7. The Kier molecular flexibility index (Phi) is 4.17. The minimum atomic E-state index is -0.770. The Morgan fingerprint density at radius 3 is 3.00 bits per heavy atom. The number of esters is 1. The van der Waals surface area contributed by atoms with Crippen LogP contribution < -0.4 is 5.73 Å². The highest BCUT2D eigenvalue weighted by atomic mass is 19.1. The number of carbonyl (C=O) groups excluding carboxylic acids is 1. The minimum absolute atomic E-state index is 0.226. The zero-order chi connectivity index (χ0) is 11.3. The fraction of sp³-hybridized carbons (Fsp3) is 0.400. The number of rotatable bonds is 4. The van der Waals surface area contributed by atoms with Crippen LogP contribution in [-0.4, -0.2) is 23.6 Å². The summed E-state index contributed by atoms with van der Waals surface area (Å²) in [7, 11) is 0. The van der Waals surface area contributed by atoms with Crippen LogP contribution in [0.25, 0.3) is 0 Å². The second-order valence-corrected chi connectivity index (χ2v) is 3.07. The van der Waals surface area contributed by atoms with Gasteiger partial charge in [0.05, 0.1) is 12.8 Å². The van der Waals surface area contributed by atoms with E-state index in [0.717, 1.165) is 6.20 Å². The van der Waals surface area contributed by atoms with Gasteiger partial charge in [0.25, 0.3) is 0 Å². The van der Waals surface area contributed by atoms with Crippen LogP contribution in [0.3, 0.4) is 0 Å². The molecule has 0 saturated heterocycles. The SMILES string of the molecule is CCOC(=O)C(N)Cc1cncc(F)c1. The van der Waals surface area contributed by atoms with Crippen LogP contribution in [0, 0.1) is 5.82 Å². The van der Waals surface area contributed by atoms with Gasteiger partial charge in [0.15, 0.2) is 0 Å². The number of halogens is 1. The van der Waals surface area contributed by atoms with Crippen molar-refractivity contribution < 1.29 is 13.9 Å². The van der Waals surface area contributed by atoms with Crippen molar-refractivity contribution in [2.45, 2.75) is 19.4 Å². The summed E-state index contributed by atoms with van der Waals surface area (Å²) < 4.78 is 17.5. The highest BCUT2D eigenvalue weighted by molar-refractivity contribution is 5.75. The van der Waals surface area contributed by atoms with E-state index in [9.17, 15) is 9.18 Å². The Morgan fingerprint density at radius 1 is 1.67 bits per heavy atom. The largest absolute Gasteiger partial charge is 0.465 e. The zero-order valence-corrected chi connectivity index (χ0v) is 8.44. The van der Waals surface area contributed by atoms with Crippen molar-refractivity contribution in [1.82, 2.24) is 4.98 Å². The Morgan fingerprint density at radius 2 is 2.40 bits per heavy atom. The summed E-state index contributed by atoms with van der Waals surface area (Å²) in [5.74, 6) is -0.926. The van der Waals surface area contributed by atoms with Crippen molar-refractivity contribution in [1.29, 1.82) is 0 Å². The van der Waals surface area contributed by atoms with Gasteiger partial charge < -0.3 is 10.5 Å². The maximum atomic E-state index is 12.7. The van der Waals surface area contributed by atoms with Gasteiger partial charge in [-0.25, -0.2) is 4.39 Å². The number of pyridine rings is 1. The van der Waals surface area contributed by atoms with E-state index in [1.807, 2.05) is 0 Å². The first kappa shape index (κ1) is 11.6. The highest BCUT2D eigenvalue weighted by Gasteiger charge is 2.15. The molecule has 0 radical (unpaired) electrons. The molecule has 1 unspecified atom stereocenters. The normalized spacial score (nSPS) is 12.2. The smallest absolute Gasteiger partial charge is 0.323 e. The van der Waals surface area contributed by atoms with Crippen molar-refractivity contribution in [3.05, 3.63) is 29.8 Å². The summed E-state index contributed by atoms with van der Waals surface area (Å²) in [6.07, 6.45) is 2.80. The zero-order valence-electron chi connectivity index (χ0n) is 8.44. The summed E-state index contributed by atoms with van der Waals surface area (Å²) in [4.78, 5) is 14.8.